The number of fused-ring (bicyclic) bond motifs is 1. The van der Waals surface area contributed by atoms with Crippen LogP contribution in [0.15, 0.2) is 60.7 Å². The molecule has 2 aliphatic carbocycles. The van der Waals surface area contributed by atoms with Crippen molar-refractivity contribution in [2.45, 2.75) is 62.1 Å². The van der Waals surface area contributed by atoms with Crippen LogP contribution in [-0.4, -0.2) is 78.0 Å². The van der Waals surface area contributed by atoms with Crippen molar-refractivity contribution in [2.24, 2.45) is 11.8 Å². The fourth-order valence-corrected chi connectivity index (χ4v) is 7.75. The molecule has 0 radical (unpaired) electrons. The van der Waals surface area contributed by atoms with Gasteiger partial charge in [-0.05, 0) is 62.1 Å². The summed E-state index contributed by atoms with van der Waals surface area (Å²) in [7, 11) is 0. The van der Waals surface area contributed by atoms with Gasteiger partial charge in [0.1, 0.15) is 12.1 Å². The Morgan fingerprint density at radius 3 is 2.44 bits per heavy atom. The van der Waals surface area contributed by atoms with E-state index >= 15 is 0 Å². The van der Waals surface area contributed by atoms with Gasteiger partial charge in [0.15, 0.2) is 0 Å². The fourth-order valence-electron chi connectivity index (χ4n) is 7.75. The molecule has 5 aliphatic rings. The van der Waals surface area contributed by atoms with Gasteiger partial charge in [-0.1, -0.05) is 48.5 Å². The summed E-state index contributed by atoms with van der Waals surface area (Å²) in [6, 6.07) is 20.9. The number of para-hydroxylation sites is 1. The Balaban J connectivity index is 1.01. The highest BCUT2D eigenvalue weighted by molar-refractivity contribution is 5.96. The SMILES string of the molecule is O=C(CN1CN(c2ccccc2)C2(CCN(C(=O)C3CCC4NNCC4C3)CC2)C1=O)N[C@H]1C[C@@H]1c1ccccc1. The van der Waals surface area contributed by atoms with Gasteiger partial charge < -0.3 is 20.0 Å². The molecular weight excluding hydrogens is 516 g/mol. The van der Waals surface area contributed by atoms with E-state index in [1.807, 2.05) is 53.4 Å². The van der Waals surface area contributed by atoms with Crippen molar-refractivity contribution in [3.63, 3.8) is 0 Å². The first-order chi connectivity index (χ1) is 20.0. The van der Waals surface area contributed by atoms with E-state index in [0.29, 0.717) is 50.5 Å². The third kappa shape index (κ3) is 4.99. The van der Waals surface area contributed by atoms with Crippen molar-refractivity contribution in [1.29, 1.82) is 0 Å². The molecule has 3 aliphatic heterocycles. The molecule has 3 heterocycles. The molecule has 2 aromatic rings. The maximum Gasteiger partial charge on any atom is 0.250 e. The topological polar surface area (TPSA) is 97.0 Å². The quantitative estimate of drug-likeness (QED) is 0.505. The number of anilines is 1. The molecule has 9 heteroatoms. The van der Waals surface area contributed by atoms with Crippen LogP contribution < -0.4 is 21.1 Å². The Labute approximate surface area is 241 Å². The number of hydrogen-bond acceptors (Lipinski definition) is 6. The minimum atomic E-state index is -0.735. The molecule has 0 aromatic heterocycles. The van der Waals surface area contributed by atoms with Crippen LogP contribution in [0, 0.1) is 11.8 Å². The predicted octanol–water partition coefficient (Wildman–Crippen LogP) is 2.22. The second-order valence-electron chi connectivity index (χ2n) is 12.6. The summed E-state index contributed by atoms with van der Waals surface area (Å²) in [6.07, 6.45) is 4.95. The molecule has 5 atom stereocenters. The van der Waals surface area contributed by atoms with Crippen LogP contribution in [0.2, 0.25) is 0 Å². The average Bonchev–Trinajstić information content (AvgIpc) is 3.52. The van der Waals surface area contributed by atoms with Crippen LogP contribution in [0.1, 0.15) is 50.0 Å². The van der Waals surface area contributed by atoms with Crippen LogP contribution in [0.5, 0.6) is 0 Å². The summed E-state index contributed by atoms with van der Waals surface area (Å²) < 4.78 is 0. The number of hydrogen-bond donors (Lipinski definition) is 3. The number of nitrogens with one attached hydrogen (secondary N) is 3. The molecule has 41 heavy (non-hydrogen) atoms. The minimum Gasteiger partial charge on any atom is -0.351 e. The number of amides is 3. The van der Waals surface area contributed by atoms with E-state index in [0.717, 1.165) is 37.9 Å². The number of piperidine rings is 1. The Morgan fingerprint density at radius 2 is 1.68 bits per heavy atom. The van der Waals surface area contributed by atoms with E-state index < -0.39 is 5.54 Å². The van der Waals surface area contributed by atoms with Gasteiger partial charge in [0.25, 0.3) is 5.91 Å². The van der Waals surface area contributed by atoms with E-state index in [1.54, 1.807) is 4.90 Å². The maximum atomic E-state index is 14.1. The van der Waals surface area contributed by atoms with Crippen LogP contribution in [0.25, 0.3) is 0 Å². The van der Waals surface area contributed by atoms with E-state index in [2.05, 4.69) is 33.2 Å². The van der Waals surface area contributed by atoms with E-state index in [-0.39, 0.29) is 36.2 Å². The van der Waals surface area contributed by atoms with Crippen molar-refractivity contribution >= 4 is 23.4 Å². The summed E-state index contributed by atoms with van der Waals surface area (Å²) in [5, 5.41) is 3.16. The second-order valence-corrected chi connectivity index (χ2v) is 12.6. The molecular formula is C32H40N6O3. The minimum absolute atomic E-state index is 0.00243. The number of hydrazine groups is 1. The number of rotatable bonds is 6. The van der Waals surface area contributed by atoms with Crippen LogP contribution >= 0.6 is 0 Å². The fraction of sp³-hybridized carbons (Fsp3) is 0.531. The number of benzene rings is 2. The molecule has 2 aromatic carbocycles. The van der Waals surface area contributed by atoms with E-state index in [1.165, 1.54) is 5.56 Å². The third-order valence-electron chi connectivity index (χ3n) is 10.2. The highest BCUT2D eigenvalue weighted by Crippen LogP contribution is 2.42. The summed E-state index contributed by atoms with van der Waals surface area (Å²) in [4.78, 5) is 46.6. The first kappa shape index (κ1) is 26.5. The molecule has 3 unspecified atom stereocenters. The van der Waals surface area contributed by atoms with Crippen molar-refractivity contribution in [2.75, 3.05) is 37.7 Å². The first-order valence-electron chi connectivity index (χ1n) is 15.3. The predicted molar refractivity (Wildman–Crippen MR) is 156 cm³/mol. The van der Waals surface area contributed by atoms with Crippen molar-refractivity contribution in [1.82, 2.24) is 26.0 Å². The Hall–Kier alpha value is -3.43. The summed E-state index contributed by atoms with van der Waals surface area (Å²) >= 11 is 0. The van der Waals surface area contributed by atoms with Gasteiger partial charge in [-0.15, -0.1) is 0 Å². The van der Waals surface area contributed by atoms with E-state index in [4.69, 9.17) is 0 Å². The lowest BCUT2D eigenvalue weighted by Crippen LogP contribution is -2.58. The van der Waals surface area contributed by atoms with Gasteiger partial charge in [-0.25, -0.2) is 0 Å². The maximum absolute atomic E-state index is 14.1. The van der Waals surface area contributed by atoms with Crippen molar-refractivity contribution in [3.05, 3.63) is 66.2 Å². The highest BCUT2D eigenvalue weighted by atomic mass is 16.2. The molecule has 9 nitrogen and oxygen atoms in total. The van der Waals surface area contributed by atoms with Crippen LogP contribution in [-0.2, 0) is 14.4 Å². The molecule has 3 saturated heterocycles. The summed E-state index contributed by atoms with van der Waals surface area (Å²) in [6.45, 7) is 2.49. The largest absolute Gasteiger partial charge is 0.351 e. The molecule has 3 amide bonds. The number of carbonyl (C=O) groups is 3. The van der Waals surface area contributed by atoms with Crippen molar-refractivity contribution < 1.29 is 14.4 Å². The van der Waals surface area contributed by atoms with Gasteiger partial charge >= 0.3 is 0 Å². The normalized spacial score (nSPS) is 30.4. The monoisotopic (exact) mass is 556 g/mol. The lowest BCUT2D eigenvalue weighted by Gasteiger charge is -2.44. The van der Waals surface area contributed by atoms with Gasteiger partial charge in [0.05, 0.1) is 6.67 Å². The zero-order valence-electron chi connectivity index (χ0n) is 23.5. The second kappa shape index (κ2) is 10.8. The van der Waals surface area contributed by atoms with Crippen LogP contribution in [0.3, 0.4) is 0 Å². The zero-order chi connectivity index (χ0) is 28.0. The number of carbonyl (C=O) groups excluding carboxylic acids is 3. The molecule has 3 N–H and O–H groups in total. The highest BCUT2D eigenvalue weighted by Gasteiger charge is 2.55. The van der Waals surface area contributed by atoms with Gasteiger partial charge in [-0.2, -0.15) is 0 Å². The Morgan fingerprint density at radius 1 is 0.951 bits per heavy atom. The van der Waals surface area contributed by atoms with Gasteiger partial charge in [-0.3, -0.25) is 25.2 Å². The molecule has 1 spiro atoms. The average molecular weight is 557 g/mol. The lowest BCUT2D eigenvalue weighted by molar-refractivity contribution is -0.142. The van der Waals surface area contributed by atoms with Gasteiger partial charge in [0.2, 0.25) is 11.8 Å². The number of likely N-dealkylation sites (tertiary alicyclic amines) is 1. The van der Waals surface area contributed by atoms with Crippen molar-refractivity contribution in [3.8, 4) is 0 Å². The van der Waals surface area contributed by atoms with E-state index in [9.17, 15) is 14.4 Å². The molecule has 5 fully saturated rings. The molecule has 0 bridgehead atoms. The summed E-state index contributed by atoms with van der Waals surface area (Å²) in [5.74, 6) is 1.07. The molecule has 216 valence electrons. The standard InChI is InChI=1S/C32H40N6O3/c39-29(34-28-18-26(28)22-7-3-1-4-8-22)20-37-21-38(25-9-5-2-6-10-25)32(31(37)41)13-15-36(16-14-32)30(40)23-11-12-27-24(17-23)19-33-35-27/h1-10,23-24,26-28,33,35H,11-21H2,(H,34,39)/t23?,24?,26-,27?,28+/m1/s1. The zero-order valence-corrected chi connectivity index (χ0v) is 23.5. The van der Waals surface area contributed by atoms with Gasteiger partial charge in [0, 0.05) is 49.2 Å². The summed E-state index contributed by atoms with van der Waals surface area (Å²) in [5.41, 5.74) is 8.09. The molecule has 7 rings (SSSR count). The third-order valence-corrected chi connectivity index (χ3v) is 10.2. The first-order valence-corrected chi connectivity index (χ1v) is 15.3. The Kier molecular flexibility index (Phi) is 6.95. The Bertz CT molecular complexity index is 1280. The molecule has 2 saturated carbocycles. The smallest absolute Gasteiger partial charge is 0.250 e. The van der Waals surface area contributed by atoms with Crippen LogP contribution in [0.4, 0.5) is 5.69 Å². The lowest BCUT2D eigenvalue weighted by atomic mass is 9.77. The number of nitrogens with zero attached hydrogens (tertiary/aromatic N) is 3.